The van der Waals surface area contributed by atoms with E-state index in [4.69, 9.17) is 16.7 Å². The standard InChI is InChI=1S/C9H6ClN5O3/c10-4-1-2-5(9(17)18)6(3-4)11-8(16)7-12-14-15-13-7/h1-3H,(H,11,16)(H,17,18)(H,12,13,14,15). The number of tetrazole rings is 1. The Labute approximate surface area is 105 Å². The predicted octanol–water partition coefficient (Wildman–Crippen LogP) is 0.804. The average molecular weight is 268 g/mol. The van der Waals surface area contributed by atoms with Crippen LogP contribution >= 0.6 is 11.6 Å². The molecule has 0 fully saturated rings. The number of H-pyrrole nitrogens is 1. The molecule has 92 valence electrons. The lowest BCUT2D eigenvalue weighted by Gasteiger charge is -2.06. The van der Waals surface area contributed by atoms with Crippen molar-refractivity contribution in [1.82, 2.24) is 20.6 Å². The van der Waals surface area contributed by atoms with Crippen molar-refractivity contribution >= 4 is 29.2 Å². The quantitative estimate of drug-likeness (QED) is 0.756. The average Bonchev–Trinajstić information content (AvgIpc) is 2.81. The highest BCUT2D eigenvalue weighted by Gasteiger charge is 2.16. The smallest absolute Gasteiger partial charge is 0.337 e. The number of anilines is 1. The molecule has 0 radical (unpaired) electrons. The number of hydrogen-bond donors (Lipinski definition) is 3. The second kappa shape index (κ2) is 4.80. The van der Waals surface area contributed by atoms with Gasteiger partial charge in [-0.2, -0.15) is 5.21 Å². The van der Waals surface area contributed by atoms with Gasteiger partial charge in [-0.3, -0.25) is 4.79 Å². The van der Waals surface area contributed by atoms with Gasteiger partial charge in [0.05, 0.1) is 11.3 Å². The minimum absolute atomic E-state index is 0.0600. The molecule has 0 aliphatic rings. The summed E-state index contributed by atoms with van der Waals surface area (Å²) in [5.41, 5.74) is -0.0268. The molecule has 0 unspecified atom stereocenters. The fraction of sp³-hybridized carbons (Fsp3) is 0. The predicted molar refractivity (Wildman–Crippen MR) is 60.5 cm³/mol. The van der Waals surface area contributed by atoms with Crippen molar-refractivity contribution in [3.05, 3.63) is 34.6 Å². The zero-order valence-corrected chi connectivity index (χ0v) is 9.47. The number of nitrogens with one attached hydrogen (secondary N) is 2. The van der Waals surface area contributed by atoms with Crippen LogP contribution in [0, 0.1) is 0 Å². The molecule has 0 aliphatic carbocycles. The van der Waals surface area contributed by atoms with Crippen LogP contribution in [0.1, 0.15) is 21.0 Å². The van der Waals surface area contributed by atoms with E-state index in [1.165, 1.54) is 18.2 Å². The molecule has 0 spiro atoms. The minimum Gasteiger partial charge on any atom is -0.478 e. The molecule has 1 aromatic carbocycles. The van der Waals surface area contributed by atoms with E-state index in [1.807, 2.05) is 0 Å². The summed E-state index contributed by atoms with van der Waals surface area (Å²) in [6.45, 7) is 0. The number of carbonyl (C=O) groups excluding carboxylic acids is 1. The fourth-order valence-corrected chi connectivity index (χ4v) is 1.41. The Kier molecular flexibility index (Phi) is 3.20. The van der Waals surface area contributed by atoms with E-state index in [9.17, 15) is 9.59 Å². The third-order valence-electron chi connectivity index (χ3n) is 2.01. The number of carboxylic acids is 1. The SMILES string of the molecule is O=C(Nc1cc(Cl)ccc1C(=O)O)c1nn[nH]n1. The maximum Gasteiger partial charge on any atom is 0.337 e. The third-order valence-corrected chi connectivity index (χ3v) is 2.24. The summed E-state index contributed by atoms with van der Waals surface area (Å²) in [7, 11) is 0. The molecule has 0 atom stereocenters. The molecule has 1 heterocycles. The minimum atomic E-state index is -1.19. The van der Waals surface area contributed by atoms with Crippen LogP contribution in [0.5, 0.6) is 0 Å². The monoisotopic (exact) mass is 267 g/mol. The van der Waals surface area contributed by atoms with Gasteiger partial charge in [0.1, 0.15) is 0 Å². The van der Waals surface area contributed by atoms with E-state index in [-0.39, 0.29) is 17.1 Å². The van der Waals surface area contributed by atoms with E-state index < -0.39 is 11.9 Å². The molecule has 2 aromatic rings. The number of aromatic amines is 1. The number of carboxylic acid groups (broad SMARTS) is 1. The molecule has 9 heteroatoms. The molecular formula is C9H6ClN5O3. The number of carbonyl (C=O) groups is 2. The van der Waals surface area contributed by atoms with E-state index in [1.54, 1.807) is 0 Å². The van der Waals surface area contributed by atoms with Gasteiger partial charge in [0.2, 0.25) is 0 Å². The number of aromatic carboxylic acids is 1. The van der Waals surface area contributed by atoms with E-state index >= 15 is 0 Å². The first-order chi connectivity index (χ1) is 8.58. The van der Waals surface area contributed by atoms with Crippen molar-refractivity contribution in [3.8, 4) is 0 Å². The molecule has 18 heavy (non-hydrogen) atoms. The van der Waals surface area contributed by atoms with E-state index in [2.05, 4.69) is 25.9 Å². The van der Waals surface area contributed by atoms with Gasteiger partial charge in [-0.05, 0) is 23.4 Å². The molecule has 0 saturated heterocycles. The first kappa shape index (κ1) is 12.0. The van der Waals surface area contributed by atoms with Gasteiger partial charge in [0.25, 0.3) is 11.7 Å². The topological polar surface area (TPSA) is 121 Å². The van der Waals surface area contributed by atoms with Crippen LogP contribution in [0.3, 0.4) is 0 Å². The number of benzene rings is 1. The highest BCUT2D eigenvalue weighted by molar-refractivity contribution is 6.31. The van der Waals surface area contributed by atoms with Crippen molar-refractivity contribution in [1.29, 1.82) is 0 Å². The highest BCUT2D eigenvalue weighted by Crippen LogP contribution is 2.21. The van der Waals surface area contributed by atoms with Crippen molar-refractivity contribution < 1.29 is 14.7 Å². The van der Waals surface area contributed by atoms with Crippen LogP contribution in [0.2, 0.25) is 5.02 Å². The molecular weight excluding hydrogens is 262 g/mol. The third kappa shape index (κ3) is 2.43. The summed E-state index contributed by atoms with van der Waals surface area (Å²) < 4.78 is 0. The maximum atomic E-state index is 11.6. The summed E-state index contributed by atoms with van der Waals surface area (Å²) in [6.07, 6.45) is 0. The summed E-state index contributed by atoms with van der Waals surface area (Å²) in [5.74, 6) is -2.07. The number of aromatic nitrogens is 4. The lowest BCUT2D eigenvalue weighted by Crippen LogP contribution is -2.16. The number of amides is 1. The van der Waals surface area contributed by atoms with Gasteiger partial charge < -0.3 is 10.4 Å². The summed E-state index contributed by atoms with van der Waals surface area (Å²) >= 11 is 5.74. The van der Waals surface area contributed by atoms with Crippen molar-refractivity contribution in [2.45, 2.75) is 0 Å². The first-order valence-electron chi connectivity index (χ1n) is 4.65. The Bertz CT molecular complexity index is 598. The second-order valence-electron chi connectivity index (χ2n) is 3.18. The van der Waals surface area contributed by atoms with E-state index in [0.29, 0.717) is 5.02 Å². The van der Waals surface area contributed by atoms with Crippen molar-refractivity contribution in [3.63, 3.8) is 0 Å². The van der Waals surface area contributed by atoms with Gasteiger partial charge in [0.15, 0.2) is 0 Å². The molecule has 0 bridgehead atoms. The van der Waals surface area contributed by atoms with Crippen molar-refractivity contribution in [2.75, 3.05) is 5.32 Å². The Hall–Kier alpha value is -2.48. The molecule has 8 nitrogen and oxygen atoms in total. The molecule has 0 saturated carbocycles. The number of hydrogen-bond acceptors (Lipinski definition) is 5. The Morgan fingerprint density at radius 1 is 1.39 bits per heavy atom. The lowest BCUT2D eigenvalue weighted by molar-refractivity contribution is 0.0698. The van der Waals surface area contributed by atoms with E-state index in [0.717, 1.165) is 0 Å². The molecule has 1 aromatic heterocycles. The van der Waals surface area contributed by atoms with Crippen LogP contribution in [0.4, 0.5) is 5.69 Å². The Morgan fingerprint density at radius 3 is 2.78 bits per heavy atom. The molecule has 0 aliphatic heterocycles. The lowest BCUT2D eigenvalue weighted by atomic mass is 10.2. The zero-order valence-electron chi connectivity index (χ0n) is 8.72. The maximum absolute atomic E-state index is 11.6. The van der Waals surface area contributed by atoms with Crippen LogP contribution < -0.4 is 5.32 Å². The Morgan fingerprint density at radius 2 is 2.17 bits per heavy atom. The van der Waals surface area contributed by atoms with Crippen molar-refractivity contribution in [2.24, 2.45) is 0 Å². The van der Waals surface area contributed by atoms with Crippen LogP contribution in [0.25, 0.3) is 0 Å². The van der Waals surface area contributed by atoms with Gasteiger partial charge in [-0.25, -0.2) is 4.79 Å². The van der Waals surface area contributed by atoms with Crippen LogP contribution in [0.15, 0.2) is 18.2 Å². The zero-order chi connectivity index (χ0) is 13.1. The summed E-state index contributed by atoms with van der Waals surface area (Å²) in [4.78, 5) is 22.6. The molecule has 3 N–H and O–H groups in total. The number of rotatable bonds is 3. The summed E-state index contributed by atoms with van der Waals surface area (Å²) in [5, 5.41) is 23.9. The van der Waals surface area contributed by atoms with Gasteiger partial charge in [0, 0.05) is 5.02 Å². The molecule has 2 rings (SSSR count). The van der Waals surface area contributed by atoms with Gasteiger partial charge in [-0.15, -0.1) is 10.2 Å². The molecule has 1 amide bonds. The largest absolute Gasteiger partial charge is 0.478 e. The van der Waals surface area contributed by atoms with Crippen LogP contribution in [-0.2, 0) is 0 Å². The van der Waals surface area contributed by atoms with Gasteiger partial charge >= 0.3 is 5.97 Å². The fourth-order valence-electron chi connectivity index (χ4n) is 1.24. The Balaban J connectivity index is 2.31. The second-order valence-corrected chi connectivity index (χ2v) is 3.62. The normalized spacial score (nSPS) is 10.1. The number of halogens is 1. The highest BCUT2D eigenvalue weighted by atomic mass is 35.5. The van der Waals surface area contributed by atoms with Crippen LogP contribution in [-0.4, -0.2) is 37.6 Å². The first-order valence-corrected chi connectivity index (χ1v) is 5.03. The van der Waals surface area contributed by atoms with Gasteiger partial charge in [-0.1, -0.05) is 11.6 Å². The number of nitrogens with zero attached hydrogens (tertiary/aromatic N) is 3. The summed E-state index contributed by atoms with van der Waals surface area (Å²) in [6, 6.07) is 4.02.